The summed E-state index contributed by atoms with van der Waals surface area (Å²) in [6, 6.07) is 18.4. The van der Waals surface area contributed by atoms with Crippen LogP contribution in [0.1, 0.15) is 28.6 Å². The van der Waals surface area contributed by atoms with Crippen LogP contribution in [0.15, 0.2) is 71.3 Å². The van der Waals surface area contributed by atoms with Crippen molar-refractivity contribution in [2.45, 2.75) is 20.1 Å². The van der Waals surface area contributed by atoms with E-state index in [-0.39, 0.29) is 24.2 Å². The topological polar surface area (TPSA) is 80.6 Å². The molecule has 0 bridgehead atoms. The van der Waals surface area contributed by atoms with Crippen molar-refractivity contribution in [1.82, 2.24) is 5.32 Å². The van der Waals surface area contributed by atoms with Crippen LogP contribution >= 0.6 is 0 Å². The van der Waals surface area contributed by atoms with Crippen LogP contribution < -0.4 is 15.4 Å². The van der Waals surface area contributed by atoms with Crippen molar-refractivity contribution in [3.05, 3.63) is 83.8 Å². The van der Waals surface area contributed by atoms with E-state index in [9.17, 15) is 9.59 Å². The molecule has 1 aromatic heterocycles. The first-order valence-electron chi connectivity index (χ1n) is 8.51. The van der Waals surface area contributed by atoms with Gasteiger partial charge in [0.15, 0.2) is 5.76 Å². The van der Waals surface area contributed by atoms with Crippen LogP contribution in [0, 0.1) is 0 Å². The molecule has 0 spiro atoms. The number of rotatable bonds is 7. The van der Waals surface area contributed by atoms with Gasteiger partial charge in [0.2, 0.25) is 5.91 Å². The van der Waals surface area contributed by atoms with Crippen molar-refractivity contribution < 1.29 is 18.7 Å². The number of hydrogen-bond donors (Lipinski definition) is 2. The largest absolute Gasteiger partial charge is 0.489 e. The second-order valence-electron chi connectivity index (χ2n) is 5.94. The average molecular weight is 364 g/mol. The number of para-hydroxylation sites is 1. The molecule has 0 aliphatic rings. The number of nitrogens with one attached hydrogen (secondary N) is 2. The number of anilines is 1. The van der Waals surface area contributed by atoms with E-state index in [1.165, 1.54) is 13.2 Å². The summed E-state index contributed by atoms with van der Waals surface area (Å²) in [5.74, 6) is 0.482. The van der Waals surface area contributed by atoms with Crippen molar-refractivity contribution in [3.63, 3.8) is 0 Å². The van der Waals surface area contributed by atoms with Crippen molar-refractivity contribution >= 4 is 17.5 Å². The van der Waals surface area contributed by atoms with E-state index < -0.39 is 0 Å². The molecule has 27 heavy (non-hydrogen) atoms. The number of carbonyl (C=O) groups excluding carboxylic acids is 2. The van der Waals surface area contributed by atoms with Crippen molar-refractivity contribution in [1.29, 1.82) is 0 Å². The number of carbonyl (C=O) groups is 2. The zero-order valence-electron chi connectivity index (χ0n) is 14.9. The molecule has 3 rings (SSSR count). The standard InChI is InChI=1S/C21H20N2O4/c1-15(24)23-18-7-5-6-16(12-18)13-22-21(25)20-17(10-11-26-20)14-27-19-8-3-2-4-9-19/h2-12H,13-14H2,1H3,(H,22,25)(H,23,24). The molecule has 0 fully saturated rings. The van der Waals surface area contributed by atoms with Crippen LogP contribution in [0.25, 0.3) is 0 Å². The first-order valence-corrected chi connectivity index (χ1v) is 8.51. The molecule has 1 heterocycles. The van der Waals surface area contributed by atoms with Crippen LogP contribution in [-0.4, -0.2) is 11.8 Å². The summed E-state index contributed by atoms with van der Waals surface area (Å²) in [6.07, 6.45) is 1.47. The molecular weight excluding hydrogens is 344 g/mol. The molecule has 0 radical (unpaired) electrons. The summed E-state index contributed by atoms with van der Waals surface area (Å²) >= 11 is 0. The maximum absolute atomic E-state index is 12.4. The quantitative estimate of drug-likeness (QED) is 0.669. The van der Waals surface area contributed by atoms with Crippen molar-refractivity contribution in [2.75, 3.05) is 5.32 Å². The molecule has 2 N–H and O–H groups in total. The number of amides is 2. The minimum absolute atomic E-state index is 0.144. The van der Waals surface area contributed by atoms with E-state index in [4.69, 9.17) is 9.15 Å². The first kappa shape index (κ1) is 18.3. The van der Waals surface area contributed by atoms with E-state index in [1.807, 2.05) is 48.5 Å². The highest BCUT2D eigenvalue weighted by molar-refractivity contribution is 5.93. The van der Waals surface area contributed by atoms with Crippen LogP contribution in [0.3, 0.4) is 0 Å². The maximum atomic E-state index is 12.4. The van der Waals surface area contributed by atoms with Gasteiger partial charge in [-0.2, -0.15) is 0 Å². The fraction of sp³-hybridized carbons (Fsp3) is 0.143. The lowest BCUT2D eigenvalue weighted by Crippen LogP contribution is -2.23. The van der Waals surface area contributed by atoms with Gasteiger partial charge in [0, 0.05) is 24.7 Å². The Morgan fingerprint density at radius 3 is 2.63 bits per heavy atom. The van der Waals surface area contributed by atoms with Crippen LogP contribution in [-0.2, 0) is 17.9 Å². The molecule has 3 aromatic rings. The van der Waals surface area contributed by atoms with Gasteiger partial charge in [-0.25, -0.2) is 0 Å². The third-order valence-corrected chi connectivity index (χ3v) is 3.79. The van der Waals surface area contributed by atoms with Gasteiger partial charge >= 0.3 is 0 Å². The minimum Gasteiger partial charge on any atom is -0.489 e. The lowest BCUT2D eigenvalue weighted by atomic mass is 10.2. The van der Waals surface area contributed by atoms with Crippen LogP contribution in [0.4, 0.5) is 5.69 Å². The highest BCUT2D eigenvalue weighted by Gasteiger charge is 2.15. The molecule has 0 atom stereocenters. The number of ether oxygens (including phenoxy) is 1. The Kier molecular flexibility index (Phi) is 5.89. The Hall–Kier alpha value is -3.54. The first-order chi connectivity index (χ1) is 13.1. The summed E-state index contributed by atoms with van der Waals surface area (Å²) in [7, 11) is 0. The van der Waals surface area contributed by atoms with E-state index in [0.717, 1.165) is 11.3 Å². The molecule has 0 saturated heterocycles. The van der Waals surface area contributed by atoms with E-state index in [2.05, 4.69) is 10.6 Å². The zero-order valence-corrected chi connectivity index (χ0v) is 14.9. The Bertz CT molecular complexity index is 919. The Morgan fingerprint density at radius 1 is 1.04 bits per heavy atom. The van der Waals surface area contributed by atoms with Crippen LogP contribution in [0.5, 0.6) is 5.75 Å². The smallest absolute Gasteiger partial charge is 0.287 e. The lowest BCUT2D eigenvalue weighted by Gasteiger charge is -2.08. The molecule has 0 unspecified atom stereocenters. The van der Waals surface area contributed by atoms with E-state index in [0.29, 0.717) is 17.8 Å². The number of benzene rings is 2. The second-order valence-corrected chi connectivity index (χ2v) is 5.94. The Labute approximate surface area is 157 Å². The van der Waals surface area contributed by atoms with Gasteiger partial charge in [0.1, 0.15) is 12.4 Å². The fourth-order valence-corrected chi connectivity index (χ4v) is 2.55. The third-order valence-electron chi connectivity index (χ3n) is 3.79. The second kappa shape index (κ2) is 8.71. The molecule has 6 nitrogen and oxygen atoms in total. The molecular formula is C21H20N2O4. The molecule has 0 aliphatic carbocycles. The minimum atomic E-state index is -0.323. The molecule has 2 aromatic carbocycles. The maximum Gasteiger partial charge on any atom is 0.287 e. The molecule has 6 heteroatoms. The highest BCUT2D eigenvalue weighted by atomic mass is 16.5. The van der Waals surface area contributed by atoms with Crippen molar-refractivity contribution in [3.8, 4) is 5.75 Å². The fourth-order valence-electron chi connectivity index (χ4n) is 2.55. The van der Waals surface area contributed by atoms with Gasteiger partial charge < -0.3 is 19.8 Å². The third kappa shape index (κ3) is 5.22. The molecule has 0 saturated carbocycles. The van der Waals surface area contributed by atoms with Crippen LogP contribution in [0.2, 0.25) is 0 Å². The monoisotopic (exact) mass is 364 g/mol. The van der Waals surface area contributed by atoms with Gasteiger partial charge in [-0.1, -0.05) is 30.3 Å². The summed E-state index contributed by atoms with van der Waals surface area (Å²) in [5.41, 5.74) is 2.22. The zero-order chi connectivity index (χ0) is 19.1. The van der Waals surface area contributed by atoms with E-state index >= 15 is 0 Å². The van der Waals surface area contributed by atoms with Gasteiger partial charge in [-0.05, 0) is 35.9 Å². The molecule has 138 valence electrons. The molecule has 0 aliphatic heterocycles. The van der Waals surface area contributed by atoms with Gasteiger partial charge in [-0.15, -0.1) is 0 Å². The number of hydrogen-bond acceptors (Lipinski definition) is 4. The average Bonchev–Trinajstić information content (AvgIpc) is 3.14. The summed E-state index contributed by atoms with van der Waals surface area (Å²) in [6.45, 7) is 2.00. The molecule has 2 amide bonds. The number of furan rings is 1. The Morgan fingerprint density at radius 2 is 1.85 bits per heavy atom. The SMILES string of the molecule is CC(=O)Nc1cccc(CNC(=O)c2occc2COc2ccccc2)c1. The highest BCUT2D eigenvalue weighted by Crippen LogP contribution is 2.16. The normalized spacial score (nSPS) is 10.3. The van der Waals surface area contributed by atoms with Gasteiger partial charge in [0.25, 0.3) is 5.91 Å². The lowest BCUT2D eigenvalue weighted by molar-refractivity contribution is -0.114. The van der Waals surface area contributed by atoms with Crippen molar-refractivity contribution in [2.24, 2.45) is 0 Å². The Balaban J connectivity index is 1.59. The predicted molar refractivity (Wildman–Crippen MR) is 101 cm³/mol. The predicted octanol–water partition coefficient (Wildman–Crippen LogP) is 3.75. The van der Waals surface area contributed by atoms with Gasteiger partial charge in [-0.3, -0.25) is 9.59 Å². The van der Waals surface area contributed by atoms with E-state index in [1.54, 1.807) is 12.1 Å². The van der Waals surface area contributed by atoms with Gasteiger partial charge in [0.05, 0.1) is 6.26 Å². The summed E-state index contributed by atoms with van der Waals surface area (Å²) < 4.78 is 11.0. The summed E-state index contributed by atoms with van der Waals surface area (Å²) in [5, 5.41) is 5.53. The summed E-state index contributed by atoms with van der Waals surface area (Å²) in [4.78, 5) is 23.6.